The molecule has 0 N–H and O–H groups in total. The minimum Gasteiger partial charge on any atom is -0.368 e. The fraction of sp³-hybridized carbons (Fsp3) is 0.294. The molecule has 0 amide bonds. The van der Waals surface area contributed by atoms with Crippen LogP contribution in [0.25, 0.3) is 0 Å². The van der Waals surface area contributed by atoms with Gasteiger partial charge in [-0.25, -0.2) is 0 Å². The topological polar surface area (TPSA) is 55.4 Å². The molecule has 3 unspecified atom stereocenters. The molecular weight excluding hydrogens is 504 g/mol. The van der Waals surface area contributed by atoms with Gasteiger partial charge in [-0.05, 0) is 16.7 Å². The van der Waals surface area contributed by atoms with E-state index < -0.39 is 30.9 Å². The Morgan fingerprint density at radius 1 is 0.525 bits per heavy atom. The van der Waals surface area contributed by atoms with Crippen LogP contribution in [0.5, 0.6) is 0 Å². The maximum Gasteiger partial charge on any atom is 0.187 e. The molecule has 0 saturated carbocycles. The Morgan fingerprint density at radius 3 is 1.55 bits per heavy atom. The van der Waals surface area contributed by atoms with E-state index in [1.807, 2.05) is 109 Å². The van der Waals surface area contributed by atoms with E-state index in [0.717, 1.165) is 22.3 Å². The molecule has 6 heteroatoms. The standard InChI is InChI=1S/C34H34O6/c1-5-13-25(14-6-1)21-35-31-30-29(24-38-33(40-30)28-19-11-4-12-20-28)39-34(37-23-27-17-9-3-10-18-27)32(31)36-22-26-15-7-2-8-16-26/h1-20,29-34H,21-24H2/t29?,30-,31-,32?,33?,34+/m0/s1. The number of rotatable bonds is 10. The second-order valence-corrected chi connectivity index (χ2v) is 10.0. The minimum absolute atomic E-state index is 0.353. The molecule has 2 heterocycles. The fourth-order valence-electron chi connectivity index (χ4n) is 5.11. The molecule has 40 heavy (non-hydrogen) atoms. The van der Waals surface area contributed by atoms with E-state index in [0.29, 0.717) is 26.4 Å². The summed E-state index contributed by atoms with van der Waals surface area (Å²) in [5, 5.41) is 0. The van der Waals surface area contributed by atoms with E-state index in [2.05, 4.69) is 12.1 Å². The third-order valence-electron chi connectivity index (χ3n) is 7.18. The third kappa shape index (κ3) is 6.67. The van der Waals surface area contributed by atoms with E-state index in [9.17, 15) is 0 Å². The summed E-state index contributed by atoms with van der Waals surface area (Å²) in [7, 11) is 0. The molecule has 206 valence electrons. The Labute approximate surface area is 235 Å². The quantitative estimate of drug-likeness (QED) is 0.239. The van der Waals surface area contributed by atoms with Gasteiger partial charge in [-0.1, -0.05) is 121 Å². The molecule has 2 aliphatic rings. The number of hydrogen-bond donors (Lipinski definition) is 0. The summed E-state index contributed by atoms with van der Waals surface area (Å²) in [5.41, 5.74) is 4.13. The van der Waals surface area contributed by atoms with Crippen LogP contribution in [0.4, 0.5) is 0 Å². The molecule has 4 aromatic carbocycles. The van der Waals surface area contributed by atoms with Crippen LogP contribution in [0.1, 0.15) is 28.5 Å². The predicted octanol–water partition coefficient (Wildman–Crippen LogP) is 6.21. The highest BCUT2D eigenvalue weighted by Gasteiger charge is 2.51. The van der Waals surface area contributed by atoms with Gasteiger partial charge in [0, 0.05) is 5.56 Å². The highest BCUT2D eigenvalue weighted by molar-refractivity contribution is 5.18. The molecule has 2 aliphatic heterocycles. The van der Waals surface area contributed by atoms with E-state index >= 15 is 0 Å². The van der Waals surface area contributed by atoms with Gasteiger partial charge < -0.3 is 28.4 Å². The Morgan fingerprint density at radius 2 is 1.00 bits per heavy atom. The molecule has 4 aromatic rings. The summed E-state index contributed by atoms with van der Waals surface area (Å²) in [4.78, 5) is 0. The van der Waals surface area contributed by atoms with Gasteiger partial charge in [-0.2, -0.15) is 0 Å². The predicted molar refractivity (Wildman–Crippen MR) is 150 cm³/mol. The summed E-state index contributed by atoms with van der Waals surface area (Å²) in [6.45, 7) is 1.53. The molecule has 0 spiro atoms. The number of fused-ring (bicyclic) bond motifs is 1. The lowest BCUT2D eigenvalue weighted by molar-refractivity contribution is -0.374. The van der Waals surface area contributed by atoms with Crippen molar-refractivity contribution in [2.24, 2.45) is 0 Å². The van der Waals surface area contributed by atoms with E-state index in [1.165, 1.54) is 0 Å². The lowest BCUT2D eigenvalue weighted by Crippen LogP contribution is -2.63. The van der Waals surface area contributed by atoms with Crippen molar-refractivity contribution < 1.29 is 28.4 Å². The van der Waals surface area contributed by atoms with Gasteiger partial charge in [0.25, 0.3) is 0 Å². The van der Waals surface area contributed by atoms with Crippen molar-refractivity contribution in [2.75, 3.05) is 6.61 Å². The van der Waals surface area contributed by atoms with E-state index in [1.54, 1.807) is 0 Å². The average molecular weight is 539 g/mol. The lowest BCUT2D eigenvalue weighted by Gasteiger charge is -2.49. The highest BCUT2D eigenvalue weighted by Crippen LogP contribution is 2.37. The minimum atomic E-state index is -0.675. The zero-order valence-electron chi connectivity index (χ0n) is 22.3. The molecule has 0 aliphatic carbocycles. The van der Waals surface area contributed by atoms with Crippen LogP contribution in [0.2, 0.25) is 0 Å². The number of hydrogen-bond acceptors (Lipinski definition) is 6. The summed E-state index contributed by atoms with van der Waals surface area (Å²) in [6, 6.07) is 40.2. The van der Waals surface area contributed by atoms with Crippen molar-refractivity contribution >= 4 is 0 Å². The van der Waals surface area contributed by atoms with Crippen LogP contribution in [0, 0.1) is 0 Å². The first-order valence-corrected chi connectivity index (χ1v) is 13.8. The molecule has 2 saturated heterocycles. The van der Waals surface area contributed by atoms with Crippen LogP contribution in [-0.2, 0) is 48.2 Å². The van der Waals surface area contributed by atoms with Crippen molar-refractivity contribution in [2.45, 2.75) is 56.8 Å². The largest absolute Gasteiger partial charge is 0.368 e. The van der Waals surface area contributed by atoms with Crippen molar-refractivity contribution in [3.05, 3.63) is 144 Å². The Bertz CT molecular complexity index is 1290. The molecule has 6 nitrogen and oxygen atoms in total. The van der Waals surface area contributed by atoms with Crippen LogP contribution in [0.15, 0.2) is 121 Å². The normalized spacial score (nSPS) is 26.2. The maximum atomic E-state index is 6.64. The highest BCUT2D eigenvalue weighted by atomic mass is 16.8. The van der Waals surface area contributed by atoms with Crippen LogP contribution in [-0.4, -0.2) is 37.3 Å². The molecule has 0 radical (unpaired) electrons. The second-order valence-electron chi connectivity index (χ2n) is 10.0. The van der Waals surface area contributed by atoms with Crippen molar-refractivity contribution in [1.82, 2.24) is 0 Å². The Hall–Kier alpha value is -3.36. The first-order chi connectivity index (χ1) is 19.8. The van der Waals surface area contributed by atoms with Crippen molar-refractivity contribution in [3.63, 3.8) is 0 Å². The monoisotopic (exact) mass is 538 g/mol. The Balaban J connectivity index is 1.27. The molecule has 6 atom stereocenters. The Kier molecular flexibility index (Phi) is 8.95. The molecule has 2 fully saturated rings. The molecule has 0 aromatic heterocycles. The smallest absolute Gasteiger partial charge is 0.187 e. The van der Waals surface area contributed by atoms with Crippen LogP contribution in [0.3, 0.4) is 0 Å². The van der Waals surface area contributed by atoms with Crippen LogP contribution < -0.4 is 0 Å². The van der Waals surface area contributed by atoms with Crippen molar-refractivity contribution in [1.29, 1.82) is 0 Å². The van der Waals surface area contributed by atoms with Gasteiger partial charge >= 0.3 is 0 Å². The van der Waals surface area contributed by atoms with Gasteiger partial charge in [-0.15, -0.1) is 0 Å². The van der Waals surface area contributed by atoms with Gasteiger partial charge in [0.15, 0.2) is 12.6 Å². The summed E-state index contributed by atoms with van der Waals surface area (Å²) < 4.78 is 38.8. The van der Waals surface area contributed by atoms with E-state index in [4.69, 9.17) is 28.4 Å². The summed E-state index contributed by atoms with van der Waals surface area (Å²) in [5.74, 6) is 0. The van der Waals surface area contributed by atoms with Gasteiger partial charge in [-0.3, -0.25) is 0 Å². The van der Waals surface area contributed by atoms with Crippen LogP contribution >= 0.6 is 0 Å². The van der Waals surface area contributed by atoms with Gasteiger partial charge in [0.2, 0.25) is 0 Å². The number of ether oxygens (including phenoxy) is 6. The number of benzene rings is 4. The third-order valence-corrected chi connectivity index (χ3v) is 7.18. The zero-order chi connectivity index (χ0) is 27.0. The lowest BCUT2D eigenvalue weighted by atomic mass is 9.97. The average Bonchev–Trinajstić information content (AvgIpc) is 3.03. The first-order valence-electron chi connectivity index (χ1n) is 13.8. The maximum absolute atomic E-state index is 6.64. The van der Waals surface area contributed by atoms with Crippen molar-refractivity contribution in [3.8, 4) is 0 Å². The first kappa shape index (κ1) is 26.8. The molecular formula is C34H34O6. The zero-order valence-corrected chi connectivity index (χ0v) is 22.3. The molecule has 0 bridgehead atoms. The molecule has 6 rings (SSSR count). The van der Waals surface area contributed by atoms with Gasteiger partial charge in [0.05, 0.1) is 26.4 Å². The second kappa shape index (κ2) is 13.3. The fourth-order valence-corrected chi connectivity index (χ4v) is 5.11. The summed E-state index contributed by atoms with van der Waals surface area (Å²) >= 11 is 0. The SMILES string of the molecule is c1ccc(COC2[C@H](OCc3ccccc3)OC3COC(c4ccccc4)O[C@@H]3[C@@H]2OCc2ccccc2)cc1. The summed E-state index contributed by atoms with van der Waals surface area (Å²) in [6.07, 6.45) is -2.99. The van der Waals surface area contributed by atoms with Gasteiger partial charge in [0.1, 0.15) is 24.4 Å². The van der Waals surface area contributed by atoms with E-state index in [-0.39, 0.29) is 6.10 Å².